The second kappa shape index (κ2) is 10.1. The van der Waals surface area contributed by atoms with Crippen molar-refractivity contribution in [1.82, 2.24) is 10.3 Å². The van der Waals surface area contributed by atoms with Gasteiger partial charge in [0.1, 0.15) is 35.1 Å². The third-order valence-electron chi connectivity index (χ3n) is 5.76. The molecular formula is C24H31BrN5O5+. The SMILES string of the molecule is COc1ccc(CN[N+]23C=CN=CC2=C(C2CN(C(=O)OC(C)(C)C)CCO2)N=C3Br)c(OC)c1. The number of carbonyl (C=O) groups excluding carboxylic acids is 1. The molecular weight excluding hydrogens is 518 g/mol. The van der Waals surface area contributed by atoms with E-state index in [1.807, 2.05) is 45.2 Å². The summed E-state index contributed by atoms with van der Waals surface area (Å²) >= 11 is 3.65. The second-order valence-electron chi connectivity index (χ2n) is 9.25. The zero-order chi connectivity index (χ0) is 25.2. The lowest BCUT2D eigenvalue weighted by atomic mass is 10.1. The quantitative estimate of drug-likeness (QED) is 0.430. The number of ether oxygens (including phenoxy) is 4. The van der Waals surface area contributed by atoms with Crippen molar-refractivity contribution in [1.29, 1.82) is 0 Å². The number of amides is 1. The smallest absolute Gasteiger partial charge is 0.410 e. The van der Waals surface area contributed by atoms with Crippen LogP contribution in [0, 0.1) is 0 Å². The van der Waals surface area contributed by atoms with Gasteiger partial charge in [0.05, 0.1) is 46.3 Å². The summed E-state index contributed by atoms with van der Waals surface area (Å²) in [6.07, 6.45) is 4.60. The minimum Gasteiger partial charge on any atom is -0.497 e. The Hall–Kier alpha value is -2.73. The van der Waals surface area contributed by atoms with E-state index >= 15 is 0 Å². The zero-order valence-corrected chi connectivity index (χ0v) is 22.2. The molecule has 0 aromatic heterocycles. The van der Waals surface area contributed by atoms with Crippen LogP contribution in [0.2, 0.25) is 0 Å². The number of hydrogen-bond acceptors (Lipinski definition) is 8. The maximum atomic E-state index is 12.7. The Labute approximate surface area is 213 Å². The summed E-state index contributed by atoms with van der Waals surface area (Å²) in [5, 5.41) is 0. The van der Waals surface area contributed by atoms with E-state index in [0.29, 0.717) is 42.4 Å². The standard InChI is InChI=1S/C24H31BrN5O5/c1-24(2,3)35-23(31)29-9-11-34-20(15-29)21-18-14-26-8-10-30(18,22(25)28-21)27-13-16-6-7-17(32-4)12-19(16)33-5/h6-8,10,12,14,20,27H,9,11,13,15H2,1-5H3/q+1. The first-order valence-corrected chi connectivity index (χ1v) is 12.1. The molecule has 3 aliphatic heterocycles. The molecule has 0 bridgehead atoms. The summed E-state index contributed by atoms with van der Waals surface area (Å²) in [6.45, 7) is 7.22. The van der Waals surface area contributed by atoms with Crippen LogP contribution in [-0.4, -0.2) is 72.2 Å². The molecule has 2 unspecified atom stereocenters. The molecule has 0 radical (unpaired) electrons. The molecule has 1 amide bonds. The van der Waals surface area contributed by atoms with Gasteiger partial charge in [0.2, 0.25) is 5.70 Å². The van der Waals surface area contributed by atoms with Gasteiger partial charge in [-0.25, -0.2) is 4.79 Å². The number of aliphatic imine (C=N–C) groups is 2. The third kappa shape index (κ3) is 5.27. The van der Waals surface area contributed by atoms with Gasteiger partial charge in [0.15, 0.2) is 0 Å². The fraction of sp³-hybridized carbons (Fsp3) is 0.458. The van der Waals surface area contributed by atoms with Gasteiger partial charge in [-0.1, -0.05) is 6.07 Å². The van der Waals surface area contributed by atoms with E-state index in [0.717, 1.165) is 17.0 Å². The molecule has 4 rings (SSSR count). The van der Waals surface area contributed by atoms with Crippen LogP contribution < -0.4 is 14.9 Å². The van der Waals surface area contributed by atoms with Crippen LogP contribution in [0.15, 0.2) is 52.0 Å². The number of allylic oxidation sites excluding steroid dienone is 1. The van der Waals surface area contributed by atoms with Crippen molar-refractivity contribution in [2.75, 3.05) is 33.9 Å². The Bertz CT molecular complexity index is 1110. The Morgan fingerprint density at radius 1 is 1.31 bits per heavy atom. The summed E-state index contributed by atoms with van der Waals surface area (Å²) in [4.78, 5) is 23.5. The van der Waals surface area contributed by atoms with Gasteiger partial charge in [-0.05, 0) is 26.8 Å². The van der Waals surface area contributed by atoms with Crippen molar-refractivity contribution < 1.29 is 28.3 Å². The minimum absolute atomic E-state index is 0.125. The molecule has 3 aliphatic rings. The third-order valence-corrected chi connectivity index (χ3v) is 6.49. The average Bonchev–Trinajstić information content (AvgIpc) is 3.14. The molecule has 0 spiro atoms. The van der Waals surface area contributed by atoms with Gasteiger partial charge >= 0.3 is 10.8 Å². The van der Waals surface area contributed by atoms with Crippen LogP contribution in [0.1, 0.15) is 26.3 Å². The van der Waals surface area contributed by atoms with E-state index in [1.54, 1.807) is 31.5 Å². The molecule has 0 aliphatic carbocycles. The summed E-state index contributed by atoms with van der Waals surface area (Å²) in [6, 6.07) is 5.70. The Morgan fingerprint density at radius 2 is 2.11 bits per heavy atom. The molecule has 3 heterocycles. The minimum atomic E-state index is -0.569. The van der Waals surface area contributed by atoms with Crippen molar-refractivity contribution >= 4 is 33.0 Å². The molecule has 1 saturated heterocycles. The molecule has 2 atom stereocenters. The van der Waals surface area contributed by atoms with Gasteiger partial charge in [-0.2, -0.15) is 4.99 Å². The molecule has 0 saturated carbocycles. The van der Waals surface area contributed by atoms with E-state index in [-0.39, 0.29) is 10.7 Å². The van der Waals surface area contributed by atoms with Gasteiger partial charge in [-0.15, -0.1) is 10.0 Å². The lowest BCUT2D eigenvalue weighted by Gasteiger charge is -2.34. The van der Waals surface area contributed by atoms with E-state index < -0.39 is 11.7 Å². The van der Waals surface area contributed by atoms with Crippen LogP contribution >= 0.6 is 15.9 Å². The van der Waals surface area contributed by atoms with Gasteiger partial charge in [0.25, 0.3) is 0 Å². The number of fused-ring (bicyclic) bond motifs is 1. The van der Waals surface area contributed by atoms with Crippen molar-refractivity contribution in [3.05, 3.63) is 47.6 Å². The summed E-state index contributed by atoms with van der Waals surface area (Å²) in [5.41, 5.74) is 5.45. The lowest BCUT2D eigenvalue weighted by molar-refractivity contribution is -0.787. The molecule has 1 N–H and O–H groups in total. The Balaban J connectivity index is 1.58. The number of amidine groups is 1. The lowest BCUT2D eigenvalue weighted by Crippen LogP contribution is -2.54. The molecule has 1 aromatic rings. The summed E-state index contributed by atoms with van der Waals surface area (Å²) < 4.78 is 23.2. The maximum absolute atomic E-state index is 12.7. The number of methoxy groups -OCH3 is 2. The molecule has 1 fully saturated rings. The van der Waals surface area contributed by atoms with E-state index in [9.17, 15) is 4.79 Å². The largest absolute Gasteiger partial charge is 0.497 e. The van der Waals surface area contributed by atoms with Crippen molar-refractivity contribution in [3.63, 3.8) is 0 Å². The summed E-state index contributed by atoms with van der Waals surface area (Å²) in [5.74, 6) is 1.43. The first-order chi connectivity index (χ1) is 16.7. The number of rotatable bonds is 6. The molecule has 11 heteroatoms. The maximum Gasteiger partial charge on any atom is 0.410 e. The van der Waals surface area contributed by atoms with Gasteiger partial charge in [0, 0.05) is 34.1 Å². The molecule has 35 heavy (non-hydrogen) atoms. The van der Waals surface area contributed by atoms with E-state index in [1.165, 1.54) is 0 Å². The van der Waals surface area contributed by atoms with E-state index in [2.05, 4.69) is 26.3 Å². The van der Waals surface area contributed by atoms with Crippen LogP contribution in [0.4, 0.5) is 4.79 Å². The fourth-order valence-corrected chi connectivity index (χ4v) is 4.65. The highest BCUT2D eigenvalue weighted by molar-refractivity contribution is 9.18. The fourth-order valence-electron chi connectivity index (χ4n) is 4.02. The first-order valence-electron chi connectivity index (χ1n) is 11.3. The van der Waals surface area contributed by atoms with Crippen LogP contribution in [-0.2, 0) is 16.0 Å². The number of carbonyl (C=O) groups is 1. The van der Waals surface area contributed by atoms with E-state index in [4.69, 9.17) is 23.9 Å². The monoisotopic (exact) mass is 548 g/mol. The predicted molar refractivity (Wildman–Crippen MR) is 135 cm³/mol. The number of nitrogens with zero attached hydrogens (tertiary/aromatic N) is 4. The van der Waals surface area contributed by atoms with Crippen molar-refractivity contribution in [2.24, 2.45) is 9.98 Å². The number of benzene rings is 1. The highest BCUT2D eigenvalue weighted by Gasteiger charge is 2.48. The average molecular weight is 549 g/mol. The summed E-state index contributed by atoms with van der Waals surface area (Å²) in [7, 11) is 3.25. The zero-order valence-electron chi connectivity index (χ0n) is 20.6. The van der Waals surface area contributed by atoms with Gasteiger partial charge in [-0.3, -0.25) is 4.99 Å². The normalized spacial score (nSPS) is 23.8. The second-order valence-corrected chi connectivity index (χ2v) is 9.96. The number of hydrogen-bond donors (Lipinski definition) is 1. The Morgan fingerprint density at radius 3 is 2.83 bits per heavy atom. The van der Waals surface area contributed by atoms with Crippen LogP contribution in [0.3, 0.4) is 0 Å². The van der Waals surface area contributed by atoms with Crippen LogP contribution in [0.25, 0.3) is 0 Å². The number of morpholine rings is 1. The topological polar surface area (TPSA) is 94.0 Å². The highest BCUT2D eigenvalue weighted by atomic mass is 79.9. The van der Waals surface area contributed by atoms with Gasteiger partial charge < -0.3 is 23.8 Å². The highest BCUT2D eigenvalue weighted by Crippen LogP contribution is 2.36. The molecule has 1 aromatic carbocycles. The number of quaternary nitrogens is 1. The molecule has 10 nitrogen and oxygen atoms in total. The Kier molecular flexibility index (Phi) is 7.32. The predicted octanol–water partition coefficient (Wildman–Crippen LogP) is 3.69. The van der Waals surface area contributed by atoms with Crippen LogP contribution in [0.5, 0.6) is 11.5 Å². The van der Waals surface area contributed by atoms with Crippen molar-refractivity contribution in [2.45, 2.75) is 39.0 Å². The molecule has 188 valence electrons. The van der Waals surface area contributed by atoms with Crippen molar-refractivity contribution in [3.8, 4) is 11.5 Å². The number of nitrogens with one attached hydrogen (secondary N) is 1. The first kappa shape index (κ1) is 25.4. The number of halogens is 1.